The number of aromatic nitrogens is 4. The van der Waals surface area contributed by atoms with Gasteiger partial charge in [-0.05, 0) is 25.5 Å². The summed E-state index contributed by atoms with van der Waals surface area (Å²) in [5.74, 6) is 5.32. The molecule has 3 N–H and O–H groups in total. The third kappa shape index (κ3) is 3.76. The van der Waals surface area contributed by atoms with E-state index in [9.17, 15) is 4.79 Å². The quantitative estimate of drug-likeness (QED) is 0.448. The van der Waals surface area contributed by atoms with Crippen LogP contribution in [0.1, 0.15) is 28.8 Å². The van der Waals surface area contributed by atoms with Crippen molar-refractivity contribution in [3.8, 4) is 5.75 Å². The van der Waals surface area contributed by atoms with Crippen molar-refractivity contribution in [1.29, 1.82) is 0 Å². The molecule has 2 aromatic rings. The number of nitrogens with one attached hydrogen (secondary N) is 1. The maximum absolute atomic E-state index is 11.2. The Kier molecular flexibility index (Phi) is 4.83. The molecule has 0 aromatic carbocycles. The average molecular weight is 290 g/mol. The number of ether oxygens (including phenoxy) is 1. The van der Waals surface area contributed by atoms with Crippen molar-refractivity contribution in [2.24, 2.45) is 5.84 Å². The van der Waals surface area contributed by atoms with E-state index in [0.717, 1.165) is 23.6 Å². The fourth-order valence-electron chi connectivity index (χ4n) is 1.82. The van der Waals surface area contributed by atoms with Gasteiger partial charge in [-0.1, -0.05) is 12.1 Å². The molecule has 21 heavy (non-hydrogen) atoms. The zero-order chi connectivity index (χ0) is 15.2. The Labute approximate surface area is 122 Å². The molecule has 0 unspecified atom stereocenters. The van der Waals surface area contributed by atoms with Crippen molar-refractivity contribution in [3.05, 3.63) is 35.4 Å². The molecule has 0 atom stereocenters. The fourth-order valence-corrected chi connectivity index (χ4v) is 1.82. The summed E-state index contributed by atoms with van der Waals surface area (Å²) >= 11 is 0. The van der Waals surface area contributed by atoms with Crippen molar-refractivity contribution in [2.75, 3.05) is 6.61 Å². The number of hydrogen-bond acceptors (Lipinski definition) is 6. The maximum Gasteiger partial charge on any atom is 0.287 e. The fraction of sp³-hybridized carbons (Fsp3) is 0.385. The van der Waals surface area contributed by atoms with Gasteiger partial charge in [0, 0.05) is 5.69 Å². The van der Waals surface area contributed by atoms with Crippen LogP contribution in [0, 0.1) is 6.92 Å². The zero-order valence-corrected chi connectivity index (χ0v) is 12.0. The minimum atomic E-state index is -0.474. The third-order valence-electron chi connectivity index (χ3n) is 2.89. The largest absolute Gasteiger partial charge is 0.490 e. The Balaban J connectivity index is 1.92. The molecule has 8 nitrogen and oxygen atoms in total. The van der Waals surface area contributed by atoms with Crippen LogP contribution < -0.4 is 16.0 Å². The molecule has 1 amide bonds. The molecule has 0 spiro atoms. The number of rotatable bonds is 6. The summed E-state index contributed by atoms with van der Waals surface area (Å²) in [7, 11) is 0. The highest BCUT2D eigenvalue weighted by Crippen LogP contribution is 2.17. The molecule has 0 aliphatic rings. The molecule has 0 saturated carbocycles. The highest BCUT2D eigenvalue weighted by atomic mass is 16.5. The Morgan fingerprint density at radius 3 is 3.00 bits per heavy atom. The highest BCUT2D eigenvalue weighted by Gasteiger charge is 2.09. The molecular weight excluding hydrogens is 272 g/mol. The van der Waals surface area contributed by atoms with Gasteiger partial charge in [0.25, 0.3) is 5.91 Å². The van der Waals surface area contributed by atoms with Gasteiger partial charge in [-0.3, -0.25) is 15.2 Å². The first-order valence-electron chi connectivity index (χ1n) is 6.64. The zero-order valence-electron chi connectivity index (χ0n) is 12.0. The standard InChI is InChI=1S/C13H18N6O2/c1-3-10-12(5-4-9(2)15-10)21-7-6-19-8-11(17-18-19)13(20)16-14/h4-5,8H,3,6-7,14H2,1-2H3,(H,16,20). The SMILES string of the molecule is CCc1nc(C)ccc1OCCn1cc(C(=O)NN)nn1. The summed E-state index contributed by atoms with van der Waals surface area (Å²) in [6.45, 7) is 4.86. The number of hydrazine groups is 1. The smallest absolute Gasteiger partial charge is 0.287 e. The van der Waals surface area contributed by atoms with E-state index in [1.807, 2.05) is 31.4 Å². The number of nitrogens with zero attached hydrogens (tertiary/aromatic N) is 4. The first-order valence-corrected chi connectivity index (χ1v) is 6.64. The molecule has 2 aromatic heterocycles. The molecule has 2 rings (SSSR count). The summed E-state index contributed by atoms with van der Waals surface area (Å²) in [5, 5.41) is 7.54. The molecular formula is C13H18N6O2. The predicted molar refractivity (Wildman–Crippen MR) is 75.5 cm³/mol. The van der Waals surface area contributed by atoms with Crippen LogP contribution in [0.5, 0.6) is 5.75 Å². The van der Waals surface area contributed by atoms with Gasteiger partial charge in [0.15, 0.2) is 5.69 Å². The first-order chi connectivity index (χ1) is 10.1. The van der Waals surface area contributed by atoms with Crippen LogP contribution in [0.4, 0.5) is 0 Å². The van der Waals surface area contributed by atoms with Gasteiger partial charge in [0.05, 0.1) is 18.4 Å². The second kappa shape index (κ2) is 6.80. The maximum atomic E-state index is 11.2. The highest BCUT2D eigenvalue weighted by molar-refractivity contribution is 5.91. The monoisotopic (exact) mass is 290 g/mol. The molecule has 2 heterocycles. The van der Waals surface area contributed by atoms with Gasteiger partial charge >= 0.3 is 0 Å². The van der Waals surface area contributed by atoms with Gasteiger partial charge in [0.2, 0.25) is 0 Å². The topological polar surface area (TPSA) is 108 Å². The molecule has 0 aliphatic heterocycles. The molecule has 0 aliphatic carbocycles. The first kappa shape index (κ1) is 14.9. The Bertz CT molecular complexity index is 625. The van der Waals surface area contributed by atoms with Crippen molar-refractivity contribution < 1.29 is 9.53 Å². The van der Waals surface area contributed by atoms with Crippen LogP contribution in [0.25, 0.3) is 0 Å². The average Bonchev–Trinajstić information content (AvgIpc) is 2.96. The van der Waals surface area contributed by atoms with Crippen LogP contribution in [0.15, 0.2) is 18.3 Å². The molecule has 8 heteroatoms. The van der Waals surface area contributed by atoms with Gasteiger partial charge in [-0.2, -0.15) is 0 Å². The van der Waals surface area contributed by atoms with Crippen LogP contribution in [0.2, 0.25) is 0 Å². The molecule has 0 bridgehead atoms. The summed E-state index contributed by atoms with van der Waals surface area (Å²) in [6.07, 6.45) is 2.32. The minimum Gasteiger partial charge on any atom is -0.490 e. The second-order valence-corrected chi connectivity index (χ2v) is 4.44. The molecule has 0 saturated heterocycles. The Morgan fingerprint density at radius 1 is 1.48 bits per heavy atom. The van der Waals surface area contributed by atoms with E-state index in [1.54, 1.807) is 0 Å². The number of nitrogen functional groups attached to an aromatic ring is 1. The minimum absolute atomic E-state index is 0.170. The van der Waals surface area contributed by atoms with Gasteiger partial charge in [0.1, 0.15) is 12.4 Å². The molecule has 0 radical (unpaired) electrons. The second-order valence-electron chi connectivity index (χ2n) is 4.44. The van der Waals surface area contributed by atoms with Gasteiger partial charge in [-0.15, -0.1) is 5.10 Å². The lowest BCUT2D eigenvalue weighted by Crippen LogP contribution is -2.30. The van der Waals surface area contributed by atoms with Crippen molar-refractivity contribution >= 4 is 5.91 Å². The molecule has 112 valence electrons. The van der Waals surface area contributed by atoms with Crippen molar-refractivity contribution in [2.45, 2.75) is 26.8 Å². The van der Waals surface area contributed by atoms with E-state index in [2.05, 4.69) is 15.3 Å². The van der Waals surface area contributed by atoms with Crippen molar-refractivity contribution in [3.63, 3.8) is 0 Å². The van der Waals surface area contributed by atoms with E-state index in [1.165, 1.54) is 10.9 Å². The summed E-state index contributed by atoms with van der Waals surface area (Å²) < 4.78 is 7.23. The Morgan fingerprint density at radius 2 is 2.29 bits per heavy atom. The van der Waals surface area contributed by atoms with Crippen LogP contribution >= 0.6 is 0 Å². The number of nitrogens with two attached hydrogens (primary N) is 1. The van der Waals surface area contributed by atoms with E-state index in [4.69, 9.17) is 10.6 Å². The number of aryl methyl sites for hydroxylation is 2. The van der Waals surface area contributed by atoms with E-state index in [-0.39, 0.29) is 5.69 Å². The van der Waals surface area contributed by atoms with E-state index >= 15 is 0 Å². The Hall–Kier alpha value is -2.48. The molecule has 0 fully saturated rings. The number of carbonyl (C=O) groups excluding carboxylic acids is 1. The number of pyridine rings is 1. The lowest BCUT2D eigenvalue weighted by Gasteiger charge is -2.10. The predicted octanol–water partition coefficient (Wildman–Crippen LogP) is 0.226. The summed E-state index contributed by atoms with van der Waals surface area (Å²) in [5.41, 5.74) is 4.07. The lowest BCUT2D eigenvalue weighted by molar-refractivity contribution is 0.0948. The van der Waals surface area contributed by atoms with E-state index < -0.39 is 5.91 Å². The number of carbonyl (C=O) groups is 1. The van der Waals surface area contributed by atoms with E-state index in [0.29, 0.717) is 13.2 Å². The number of amides is 1. The summed E-state index contributed by atoms with van der Waals surface area (Å²) in [4.78, 5) is 15.7. The van der Waals surface area contributed by atoms with Gasteiger partial charge in [-0.25, -0.2) is 10.5 Å². The third-order valence-corrected chi connectivity index (χ3v) is 2.89. The van der Waals surface area contributed by atoms with Gasteiger partial charge < -0.3 is 4.74 Å². The lowest BCUT2D eigenvalue weighted by atomic mass is 10.2. The van der Waals surface area contributed by atoms with Crippen molar-refractivity contribution in [1.82, 2.24) is 25.4 Å². The van der Waals surface area contributed by atoms with Crippen LogP contribution in [0.3, 0.4) is 0 Å². The number of hydrogen-bond donors (Lipinski definition) is 2. The summed E-state index contributed by atoms with van der Waals surface area (Å²) in [6, 6.07) is 3.82. The van der Waals surface area contributed by atoms with Crippen LogP contribution in [-0.4, -0.2) is 32.5 Å². The van der Waals surface area contributed by atoms with Crippen LogP contribution in [-0.2, 0) is 13.0 Å². The normalized spacial score (nSPS) is 10.4.